The van der Waals surface area contributed by atoms with E-state index in [2.05, 4.69) is 11.1 Å². The van der Waals surface area contributed by atoms with E-state index >= 15 is 0 Å². The average Bonchev–Trinajstić information content (AvgIpc) is 3.13. The summed E-state index contributed by atoms with van der Waals surface area (Å²) in [5.41, 5.74) is 4.47. The van der Waals surface area contributed by atoms with Crippen LogP contribution >= 0.6 is 11.3 Å². The smallest absolute Gasteiger partial charge is 0.262 e. The highest BCUT2D eigenvalue weighted by Crippen LogP contribution is 2.35. The summed E-state index contributed by atoms with van der Waals surface area (Å²) in [7, 11) is 0. The number of carbonyl (C=O) groups is 1. The number of aromatic nitrogens is 2. The molecule has 0 bridgehead atoms. The number of amides is 1. The van der Waals surface area contributed by atoms with Gasteiger partial charge in [-0.05, 0) is 55.2 Å². The first kappa shape index (κ1) is 22.4. The first-order valence-electron chi connectivity index (χ1n) is 10.7. The lowest BCUT2D eigenvalue weighted by atomic mass is 10.1. The summed E-state index contributed by atoms with van der Waals surface area (Å²) in [5, 5.41) is 9.63. The summed E-state index contributed by atoms with van der Waals surface area (Å²) >= 11 is 1.48. The number of carbonyl (C=O) groups excluding carboxylic acids is 1. The first-order chi connectivity index (χ1) is 15.9. The minimum atomic E-state index is -0.255. The highest BCUT2D eigenvalue weighted by atomic mass is 32.1. The van der Waals surface area contributed by atoms with Crippen LogP contribution in [0, 0.1) is 32.1 Å². The van der Waals surface area contributed by atoms with Crippen LogP contribution in [0.1, 0.15) is 23.1 Å². The molecule has 0 N–H and O–H groups in total. The Balaban J connectivity index is 1.70. The largest absolute Gasteiger partial charge is 0.310 e. The zero-order valence-corrected chi connectivity index (χ0v) is 19.6. The zero-order valence-electron chi connectivity index (χ0n) is 18.8. The van der Waals surface area contributed by atoms with Crippen LogP contribution in [0.15, 0.2) is 59.7 Å². The Morgan fingerprint density at radius 2 is 1.82 bits per heavy atom. The lowest BCUT2D eigenvalue weighted by Crippen LogP contribution is -2.37. The van der Waals surface area contributed by atoms with Gasteiger partial charge in [0.25, 0.3) is 5.56 Å². The molecule has 6 nitrogen and oxygen atoms in total. The van der Waals surface area contributed by atoms with Crippen molar-refractivity contribution in [2.75, 3.05) is 11.4 Å². The van der Waals surface area contributed by atoms with E-state index in [0.717, 1.165) is 32.8 Å². The maximum atomic E-state index is 13.3. The van der Waals surface area contributed by atoms with Gasteiger partial charge in [-0.25, -0.2) is 4.98 Å². The lowest BCUT2D eigenvalue weighted by molar-refractivity contribution is -0.119. The number of hydrogen-bond donors (Lipinski definition) is 0. The molecule has 0 aliphatic heterocycles. The number of fused-ring (bicyclic) bond motifs is 1. The molecule has 1 amide bonds. The van der Waals surface area contributed by atoms with Crippen LogP contribution in [0.2, 0.25) is 0 Å². The summed E-state index contributed by atoms with van der Waals surface area (Å²) < 4.78 is 1.36. The maximum Gasteiger partial charge on any atom is 0.262 e. The predicted molar refractivity (Wildman–Crippen MR) is 133 cm³/mol. The highest BCUT2D eigenvalue weighted by molar-refractivity contribution is 7.22. The van der Waals surface area contributed by atoms with Gasteiger partial charge in [-0.1, -0.05) is 36.4 Å². The van der Waals surface area contributed by atoms with Crippen LogP contribution in [-0.2, 0) is 11.3 Å². The Bertz CT molecular complexity index is 1410. The van der Waals surface area contributed by atoms with Gasteiger partial charge < -0.3 is 4.90 Å². The van der Waals surface area contributed by atoms with Crippen LogP contribution in [0.25, 0.3) is 20.7 Å². The van der Waals surface area contributed by atoms with Crippen LogP contribution in [0.5, 0.6) is 0 Å². The molecule has 0 saturated heterocycles. The number of benzene rings is 2. The number of rotatable bonds is 6. The van der Waals surface area contributed by atoms with Gasteiger partial charge in [0.15, 0.2) is 0 Å². The molecule has 2 heterocycles. The fourth-order valence-corrected chi connectivity index (χ4v) is 5.18. The van der Waals surface area contributed by atoms with Gasteiger partial charge in [0.1, 0.15) is 11.4 Å². The molecule has 2 aromatic carbocycles. The third-order valence-corrected chi connectivity index (χ3v) is 6.77. The predicted octanol–water partition coefficient (Wildman–Crippen LogP) is 5.00. The summed E-state index contributed by atoms with van der Waals surface area (Å²) in [6, 6.07) is 17.9. The molecule has 0 aliphatic carbocycles. The molecule has 2 aromatic heterocycles. The Hall–Kier alpha value is -3.76. The standard InChI is InChI=1S/C26H24N4O2S/c1-17-12-18(2)14-21(13-17)30(11-7-10-27)22(31)15-29-16-28-25-23(26(29)32)19(3)24(33-25)20-8-5-4-6-9-20/h4-6,8-9,12-14,16H,7,11,15H2,1-3H3. The summed E-state index contributed by atoms with van der Waals surface area (Å²) in [6.07, 6.45) is 1.65. The van der Waals surface area contributed by atoms with Gasteiger partial charge >= 0.3 is 0 Å². The molecule has 0 saturated carbocycles. The lowest BCUT2D eigenvalue weighted by Gasteiger charge is -2.23. The van der Waals surface area contributed by atoms with Gasteiger partial charge in [0, 0.05) is 17.1 Å². The van der Waals surface area contributed by atoms with Crippen molar-refractivity contribution in [3.63, 3.8) is 0 Å². The number of nitriles is 1. The number of hydrogen-bond acceptors (Lipinski definition) is 5. The van der Waals surface area contributed by atoms with E-state index in [0.29, 0.717) is 10.2 Å². The first-order valence-corrected chi connectivity index (χ1v) is 11.5. The monoisotopic (exact) mass is 456 g/mol. The molecule has 7 heteroatoms. The second-order valence-corrected chi connectivity index (χ2v) is 9.08. The van der Waals surface area contributed by atoms with Crippen LogP contribution < -0.4 is 10.5 Å². The van der Waals surface area contributed by atoms with Crippen molar-refractivity contribution in [2.24, 2.45) is 0 Å². The number of anilines is 1. The van der Waals surface area contributed by atoms with E-state index < -0.39 is 0 Å². The Morgan fingerprint density at radius 1 is 1.12 bits per heavy atom. The van der Waals surface area contributed by atoms with Crippen molar-refractivity contribution in [1.29, 1.82) is 5.26 Å². The van der Waals surface area contributed by atoms with E-state index in [1.165, 1.54) is 22.2 Å². The quantitative estimate of drug-likeness (QED) is 0.409. The van der Waals surface area contributed by atoms with E-state index in [9.17, 15) is 9.59 Å². The molecule has 0 fully saturated rings. The van der Waals surface area contributed by atoms with Crippen LogP contribution in [0.4, 0.5) is 5.69 Å². The Kier molecular flexibility index (Phi) is 6.38. The fraction of sp³-hybridized carbons (Fsp3) is 0.231. The summed E-state index contributed by atoms with van der Waals surface area (Å²) in [4.78, 5) is 34.3. The minimum Gasteiger partial charge on any atom is -0.310 e. The van der Waals surface area contributed by atoms with Crippen LogP contribution in [-0.4, -0.2) is 22.0 Å². The average molecular weight is 457 g/mol. The molecule has 33 heavy (non-hydrogen) atoms. The third kappa shape index (κ3) is 4.57. The van der Waals surface area contributed by atoms with Crippen molar-refractivity contribution < 1.29 is 4.79 Å². The van der Waals surface area contributed by atoms with Gasteiger partial charge in [0.2, 0.25) is 5.91 Å². The molecule has 4 aromatic rings. The van der Waals surface area contributed by atoms with Crippen molar-refractivity contribution in [2.45, 2.75) is 33.7 Å². The Labute approximate surface area is 196 Å². The molecular weight excluding hydrogens is 432 g/mol. The zero-order chi connectivity index (χ0) is 23.5. The topological polar surface area (TPSA) is 79.0 Å². The molecule has 0 spiro atoms. The third-order valence-electron chi connectivity index (χ3n) is 5.53. The van der Waals surface area contributed by atoms with E-state index in [4.69, 9.17) is 5.26 Å². The number of nitrogens with zero attached hydrogens (tertiary/aromatic N) is 4. The normalized spacial score (nSPS) is 10.8. The van der Waals surface area contributed by atoms with E-state index in [1.54, 1.807) is 4.90 Å². The molecule has 0 unspecified atom stereocenters. The van der Waals surface area contributed by atoms with Crippen molar-refractivity contribution in [3.8, 4) is 16.5 Å². The number of aryl methyl sites for hydroxylation is 3. The van der Waals surface area contributed by atoms with Gasteiger partial charge in [-0.3, -0.25) is 14.2 Å². The Morgan fingerprint density at radius 3 is 2.48 bits per heavy atom. The molecular formula is C26H24N4O2S. The van der Waals surface area contributed by atoms with E-state index in [1.807, 2.05) is 69.3 Å². The van der Waals surface area contributed by atoms with Crippen molar-refractivity contribution in [3.05, 3.63) is 81.9 Å². The SMILES string of the molecule is Cc1cc(C)cc(N(CCC#N)C(=O)Cn2cnc3sc(-c4ccccc4)c(C)c3c2=O)c1. The molecule has 0 atom stereocenters. The minimum absolute atomic E-state index is 0.143. The summed E-state index contributed by atoms with van der Waals surface area (Å²) in [5.74, 6) is -0.255. The van der Waals surface area contributed by atoms with Gasteiger partial charge in [-0.15, -0.1) is 11.3 Å². The van der Waals surface area contributed by atoms with Gasteiger partial charge in [0.05, 0.1) is 24.2 Å². The highest BCUT2D eigenvalue weighted by Gasteiger charge is 2.20. The maximum absolute atomic E-state index is 13.3. The number of thiophene rings is 1. The second-order valence-electron chi connectivity index (χ2n) is 8.08. The molecule has 166 valence electrons. The van der Waals surface area contributed by atoms with Gasteiger partial charge in [-0.2, -0.15) is 5.26 Å². The molecule has 4 rings (SSSR count). The van der Waals surface area contributed by atoms with Crippen LogP contribution in [0.3, 0.4) is 0 Å². The molecule has 0 radical (unpaired) electrons. The van der Waals surface area contributed by atoms with Crippen molar-refractivity contribution >= 4 is 33.1 Å². The second kappa shape index (κ2) is 9.39. The summed E-state index contributed by atoms with van der Waals surface area (Å²) in [6.45, 7) is 5.98. The van der Waals surface area contributed by atoms with E-state index in [-0.39, 0.29) is 31.0 Å². The van der Waals surface area contributed by atoms with Crippen molar-refractivity contribution in [1.82, 2.24) is 9.55 Å². The molecule has 0 aliphatic rings. The fourth-order valence-electron chi connectivity index (χ4n) is 4.03.